The van der Waals surface area contributed by atoms with E-state index in [0.717, 1.165) is 12.0 Å². The summed E-state index contributed by atoms with van der Waals surface area (Å²) in [4.78, 5) is 11.4. The highest BCUT2D eigenvalue weighted by molar-refractivity contribution is 6.32. The van der Waals surface area contributed by atoms with Gasteiger partial charge in [-0.3, -0.25) is 0 Å². The number of halogens is 1. The Hall–Kier alpha value is -1.52. The number of urea groups is 1. The molecule has 1 aromatic rings. The number of hydrogen-bond donors (Lipinski definition) is 2. The van der Waals surface area contributed by atoms with Crippen LogP contribution >= 0.6 is 11.6 Å². The van der Waals surface area contributed by atoms with Gasteiger partial charge in [-0.05, 0) is 31.1 Å². The van der Waals surface area contributed by atoms with Gasteiger partial charge in [-0.25, -0.2) is 4.79 Å². The third kappa shape index (κ3) is 6.84. The van der Waals surface area contributed by atoms with E-state index >= 15 is 0 Å². The van der Waals surface area contributed by atoms with Crippen molar-refractivity contribution in [2.45, 2.75) is 13.3 Å². The molecule has 1 rings (SSSR count). The lowest BCUT2D eigenvalue weighted by Gasteiger charge is -2.04. The van der Waals surface area contributed by atoms with Gasteiger partial charge < -0.3 is 15.4 Å². The molecule has 2 amide bonds. The van der Waals surface area contributed by atoms with Crippen molar-refractivity contribution < 1.29 is 9.53 Å². The average molecular weight is 283 g/mol. The van der Waals surface area contributed by atoms with Crippen LogP contribution in [0.25, 0.3) is 6.08 Å². The van der Waals surface area contributed by atoms with Crippen LogP contribution < -0.4 is 10.6 Å². The van der Waals surface area contributed by atoms with Crippen LogP contribution in [0.3, 0.4) is 0 Å². The molecule has 0 fully saturated rings. The summed E-state index contributed by atoms with van der Waals surface area (Å²) in [6.45, 7) is 3.89. The van der Waals surface area contributed by atoms with Gasteiger partial charge >= 0.3 is 6.03 Å². The van der Waals surface area contributed by atoms with E-state index in [-0.39, 0.29) is 6.03 Å². The highest BCUT2D eigenvalue weighted by Crippen LogP contribution is 2.15. The Morgan fingerprint density at radius 1 is 1.42 bits per heavy atom. The maximum atomic E-state index is 11.4. The molecule has 0 saturated carbocycles. The van der Waals surface area contributed by atoms with Crippen LogP contribution in [-0.4, -0.2) is 25.8 Å². The summed E-state index contributed by atoms with van der Waals surface area (Å²) in [6, 6.07) is 7.19. The number of rotatable bonds is 7. The molecule has 0 saturated heterocycles. The number of nitrogens with one attached hydrogen (secondary N) is 2. The summed E-state index contributed by atoms with van der Waals surface area (Å²) < 4.78 is 5.17. The normalized spacial score (nSPS) is 10.6. The molecule has 0 spiro atoms. The molecule has 1 aromatic carbocycles. The van der Waals surface area contributed by atoms with E-state index in [9.17, 15) is 4.79 Å². The van der Waals surface area contributed by atoms with Crippen LogP contribution in [0.15, 0.2) is 30.5 Å². The van der Waals surface area contributed by atoms with Crippen LogP contribution in [0.5, 0.6) is 0 Å². The Morgan fingerprint density at radius 3 is 2.95 bits per heavy atom. The second kappa shape index (κ2) is 9.42. The molecule has 5 heteroatoms. The van der Waals surface area contributed by atoms with Crippen molar-refractivity contribution in [2.75, 3.05) is 19.8 Å². The summed E-state index contributed by atoms with van der Waals surface area (Å²) in [7, 11) is 0. The topological polar surface area (TPSA) is 50.4 Å². The number of hydrogen-bond acceptors (Lipinski definition) is 2. The van der Waals surface area contributed by atoms with E-state index in [0.29, 0.717) is 24.8 Å². The molecule has 0 aliphatic carbocycles. The summed E-state index contributed by atoms with van der Waals surface area (Å²) >= 11 is 5.98. The zero-order chi connectivity index (χ0) is 13.9. The number of amides is 2. The van der Waals surface area contributed by atoms with Gasteiger partial charge in [-0.15, -0.1) is 0 Å². The standard InChI is InChI=1S/C14H19ClN2O2/c1-2-19-11-5-9-16-14(18)17-10-8-12-6-3-4-7-13(12)15/h3-4,6-8,10H,2,5,9,11H2,1H3,(H2,16,17,18)/b10-8+. The molecule has 0 atom stereocenters. The first-order valence-electron chi connectivity index (χ1n) is 6.27. The zero-order valence-electron chi connectivity index (χ0n) is 11.0. The molecule has 0 aliphatic heterocycles. The van der Waals surface area contributed by atoms with E-state index in [1.165, 1.54) is 0 Å². The maximum absolute atomic E-state index is 11.4. The minimum absolute atomic E-state index is 0.236. The highest BCUT2D eigenvalue weighted by atomic mass is 35.5. The predicted octanol–water partition coefficient (Wildman–Crippen LogP) is 3.04. The van der Waals surface area contributed by atoms with Gasteiger partial charge in [0.05, 0.1) is 0 Å². The molecular formula is C14H19ClN2O2. The van der Waals surface area contributed by atoms with Crippen molar-refractivity contribution in [3.05, 3.63) is 41.1 Å². The first-order chi connectivity index (χ1) is 9.24. The summed E-state index contributed by atoms with van der Waals surface area (Å²) in [5.74, 6) is 0. The molecule has 4 nitrogen and oxygen atoms in total. The summed E-state index contributed by atoms with van der Waals surface area (Å²) in [5.41, 5.74) is 0.862. The second-order valence-electron chi connectivity index (χ2n) is 3.81. The molecule has 0 radical (unpaired) electrons. The monoisotopic (exact) mass is 282 g/mol. The van der Waals surface area contributed by atoms with E-state index in [4.69, 9.17) is 16.3 Å². The van der Waals surface area contributed by atoms with Crippen molar-refractivity contribution in [2.24, 2.45) is 0 Å². The number of carbonyl (C=O) groups excluding carboxylic acids is 1. The molecule has 0 heterocycles. The Balaban J connectivity index is 2.21. The quantitative estimate of drug-likeness (QED) is 0.755. The molecular weight excluding hydrogens is 264 g/mol. The fourth-order valence-electron chi connectivity index (χ4n) is 1.39. The van der Waals surface area contributed by atoms with Crippen molar-refractivity contribution in [3.8, 4) is 0 Å². The minimum Gasteiger partial charge on any atom is -0.382 e. The Labute approximate surface area is 118 Å². The smallest absolute Gasteiger partial charge is 0.318 e. The third-order valence-corrected chi connectivity index (χ3v) is 2.68. The van der Waals surface area contributed by atoms with Crippen LogP contribution in [-0.2, 0) is 4.74 Å². The fourth-order valence-corrected chi connectivity index (χ4v) is 1.59. The SMILES string of the molecule is CCOCCCNC(=O)N/C=C/c1ccccc1Cl. The lowest BCUT2D eigenvalue weighted by Crippen LogP contribution is -2.33. The van der Waals surface area contributed by atoms with Gasteiger partial charge in [0.2, 0.25) is 0 Å². The largest absolute Gasteiger partial charge is 0.382 e. The van der Waals surface area contributed by atoms with E-state index < -0.39 is 0 Å². The molecule has 104 valence electrons. The van der Waals surface area contributed by atoms with Crippen molar-refractivity contribution in [3.63, 3.8) is 0 Å². The van der Waals surface area contributed by atoms with Crippen LogP contribution in [0.4, 0.5) is 4.79 Å². The van der Waals surface area contributed by atoms with Gasteiger partial charge in [0.25, 0.3) is 0 Å². The van der Waals surface area contributed by atoms with Crippen LogP contribution in [0.2, 0.25) is 5.02 Å². The first-order valence-corrected chi connectivity index (χ1v) is 6.65. The molecule has 0 aromatic heterocycles. The van der Waals surface area contributed by atoms with Crippen molar-refractivity contribution >= 4 is 23.7 Å². The summed E-state index contributed by atoms with van der Waals surface area (Å²) in [6.07, 6.45) is 4.12. The van der Waals surface area contributed by atoms with Gasteiger partial charge in [-0.2, -0.15) is 0 Å². The van der Waals surface area contributed by atoms with Crippen LogP contribution in [0.1, 0.15) is 18.9 Å². The highest BCUT2D eigenvalue weighted by Gasteiger charge is 1.96. The van der Waals surface area contributed by atoms with Crippen molar-refractivity contribution in [1.29, 1.82) is 0 Å². The number of benzene rings is 1. The van der Waals surface area contributed by atoms with Gasteiger partial charge in [-0.1, -0.05) is 29.8 Å². The first kappa shape index (κ1) is 15.5. The Bertz CT molecular complexity index is 422. The maximum Gasteiger partial charge on any atom is 0.318 e. The molecule has 0 unspecified atom stereocenters. The second-order valence-corrected chi connectivity index (χ2v) is 4.21. The fraction of sp³-hybridized carbons (Fsp3) is 0.357. The Morgan fingerprint density at radius 2 is 2.21 bits per heavy atom. The van der Waals surface area contributed by atoms with Gasteiger partial charge in [0.15, 0.2) is 0 Å². The minimum atomic E-state index is -0.236. The number of carbonyl (C=O) groups is 1. The lowest BCUT2D eigenvalue weighted by atomic mass is 10.2. The van der Waals surface area contributed by atoms with E-state index in [1.807, 2.05) is 25.1 Å². The molecule has 19 heavy (non-hydrogen) atoms. The van der Waals surface area contributed by atoms with Crippen LogP contribution in [0, 0.1) is 0 Å². The lowest BCUT2D eigenvalue weighted by molar-refractivity contribution is 0.145. The van der Waals surface area contributed by atoms with E-state index in [1.54, 1.807) is 18.3 Å². The van der Waals surface area contributed by atoms with Gasteiger partial charge in [0, 0.05) is 31.0 Å². The summed E-state index contributed by atoms with van der Waals surface area (Å²) in [5, 5.41) is 6.00. The third-order valence-electron chi connectivity index (χ3n) is 2.34. The van der Waals surface area contributed by atoms with E-state index in [2.05, 4.69) is 10.6 Å². The Kier molecular flexibility index (Phi) is 7.70. The predicted molar refractivity (Wildman–Crippen MR) is 78.1 cm³/mol. The number of ether oxygens (including phenoxy) is 1. The van der Waals surface area contributed by atoms with Crippen molar-refractivity contribution in [1.82, 2.24) is 10.6 Å². The molecule has 2 N–H and O–H groups in total. The molecule has 0 aliphatic rings. The zero-order valence-corrected chi connectivity index (χ0v) is 11.7. The average Bonchev–Trinajstić information content (AvgIpc) is 2.41. The molecule has 0 bridgehead atoms. The van der Waals surface area contributed by atoms with Gasteiger partial charge in [0.1, 0.15) is 0 Å².